The lowest BCUT2D eigenvalue weighted by molar-refractivity contribution is -0.384. The van der Waals surface area contributed by atoms with Crippen LogP contribution in [0.5, 0.6) is 0 Å². The Morgan fingerprint density at radius 1 is 1.11 bits per heavy atom. The molecule has 0 aliphatic rings. The number of nitro benzene ring substituents is 1. The van der Waals surface area contributed by atoms with E-state index in [2.05, 4.69) is 5.32 Å². The molecule has 9 nitrogen and oxygen atoms in total. The monoisotopic (exact) mass is 548 g/mol. The van der Waals surface area contributed by atoms with Crippen molar-refractivity contribution in [1.29, 1.82) is 0 Å². The topological polar surface area (TPSA) is 125 Å². The Bertz CT molecular complexity index is 1350. The third-order valence-electron chi connectivity index (χ3n) is 4.50. The molecule has 0 aliphatic heterocycles. The minimum atomic E-state index is -0.832. The zero-order chi connectivity index (χ0) is 26.2. The lowest BCUT2D eigenvalue weighted by Crippen LogP contribution is -2.21. The summed E-state index contributed by atoms with van der Waals surface area (Å²) >= 11 is 13.3. The zero-order valence-electron chi connectivity index (χ0n) is 18.7. The molecule has 36 heavy (non-hydrogen) atoms. The Kier molecular flexibility index (Phi) is 9.18. The van der Waals surface area contributed by atoms with E-state index in [0.717, 1.165) is 17.4 Å². The summed E-state index contributed by atoms with van der Waals surface area (Å²) in [5, 5.41) is 14.2. The highest BCUT2D eigenvalue weighted by Gasteiger charge is 2.21. The summed E-state index contributed by atoms with van der Waals surface area (Å²) in [5.41, 5.74) is 1.07. The van der Waals surface area contributed by atoms with Crippen molar-refractivity contribution in [2.45, 2.75) is 6.92 Å². The van der Waals surface area contributed by atoms with Crippen LogP contribution < -0.4 is 5.32 Å². The van der Waals surface area contributed by atoms with Gasteiger partial charge in [0.2, 0.25) is 0 Å². The first-order valence-corrected chi connectivity index (χ1v) is 11.9. The maximum atomic E-state index is 12.4. The predicted molar refractivity (Wildman–Crippen MR) is 137 cm³/mol. The van der Waals surface area contributed by atoms with Gasteiger partial charge in [-0.2, -0.15) is 0 Å². The van der Waals surface area contributed by atoms with E-state index in [4.69, 9.17) is 32.7 Å². The first kappa shape index (κ1) is 26.9. The molecule has 12 heteroatoms. The van der Waals surface area contributed by atoms with Gasteiger partial charge in [-0.3, -0.25) is 14.9 Å². The summed E-state index contributed by atoms with van der Waals surface area (Å²) in [5.74, 6) is -2.16. The van der Waals surface area contributed by atoms with Gasteiger partial charge in [-0.15, -0.1) is 11.3 Å². The van der Waals surface area contributed by atoms with Crippen molar-refractivity contribution < 1.29 is 28.8 Å². The number of carbonyl (C=O) groups excluding carboxylic acids is 3. The van der Waals surface area contributed by atoms with Crippen LogP contribution in [0.4, 0.5) is 11.4 Å². The molecule has 0 aliphatic carbocycles. The fourth-order valence-corrected chi connectivity index (χ4v) is 4.54. The van der Waals surface area contributed by atoms with Gasteiger partial charge < -0.3 is 14.8 Å². The highest BCUT2D eigenvalue weighted by molar-refractivity contribution is 7.18. The van der Waals surface area contributed by atoms with E-state index in [-0.39, 0.29) is 22.9 Å². The van der Waals surface area contributed by atoms with Crippen LogP contribution in [0.15, 0.2) is 54.6 Å². The predicted octanol–water partition coefficient (Wildman–Crippen LogP) is 6.00. The highest BCUT2D eigenvalue weighted by atomic mass is 35.5. The average molecular weight is 549 g/mol. The van der Waals surface area contributed by atoms with Crippen molar-refractivity contribution in [2.75, 3.05) is 18.5 Å². The number of hydrogen-bond acceptors (Lipinski definition) is 8. The SMILES string of the molecule is CCOC(=O)c1sc(-c2ccc(Cl)cc2Cl)cc1NC(=O)COC(=O)/C=C/c1cccc([N+](=O)[O-])c1. The van der Waals surface area contributed by atoms with Gasteiger partial charge in [0.05, 0.1) is 22.2 Å². The Morgan fingerprint density at radius 2 is 1.89 bits per heavy atom. The van der Waals surface area contributed by atoms with Gasteiger partial charge in [0.1, 0.15) is 4.88 Å². The molecule has 1 heterocycles. The normalized spacial score (nSPS) is 10.8. The summed E-state index contributed by atoms with van der Waals surface area (Å²) in [6.45, 7) is 1.16. The number of nitrogens with zero attached hydrogens (tertiary/aromatic N) is 1. The van der Waals surface area contributed by atoms with Crippen molar-refractivity contribution in [1.82, 2.24) is 0 Å². The van der Waals surface area contributed by atoms with Crippen molar-refractivity contribution in [3.8, 4) is 10.4 Å². The Hall–Kier alpha value is -3.73. The molecule has 0 saturated carbocycles. The van der Waals surface area contributed by atoms with Crippen LogP contribution >= 0.6 is 34.5 Å². The van der Waals surface area contributed by atoms with Gasteiger partial charge in [-0.1, -0.05) is 41.4 Å². The van der Waals surface area contributed by atoms with E-state index < -0.39 is 29.4 Å². The Labute approximate surface area is 219 Å². The van der Waals surface area contributed by atoms with Gasteiger partial charge in [0, 0.05) is 33.7 Å². The van der Waals surface area contributed by atoms with Crippen LogP contribution in [-0.4, -0.2) is 36.0 Å². The van der Waals surface area contributed by atoms with Crippen molar-refractivity contribution in [3.63, 3.8) is 0 Å². The molecule has 3 aromatic rings. The fourth-order valence-electron chi connectivity index (χ4n) is 2.93. The molecule has 0 unspecified atom stereocenters. The summed E-state index contributed by atoms with van der Waals surface area (Å²) in [7, 11) is 0. The lowest BCUT2D eigenvalue weighted by atomic mass is 10.2. The number of hydrogen-bond donors (Lipinski definition) is 1. The number of nitrogens with one attached hydrogen (secondary N) is 1. The molecule has 0 bridgehead atoms. The number of benzene rings is 2. The third kappa shape index (κ3) is 7.14. The number of anilines is 1. The van der Waals surface area contributed by atoms with Crippen LogP contribution in [-0.2, 0) is 19.1 Å². The Morgan fingerprint density at radius 3 is 2.58 bits per heavy atom. The number of amides is 1. The number of thiophene rings is 1. The van der Waals surface area contributed by atoms with Gasteiger partial charge in [0.25, 0.3) is 11.6 Å². The van der Waals surface area contributed by atoms with Gasteiger partial charge in [-0.25, -0.2) is 9.59 Å². The van der Waals surface area contributed by atoms with Crippen LogP contribution in [0.2, 0.25) is 10.0 Å². The van der Waals surface area contributed by atoms with Crippen molar-refractivity contribution in [2.24, 2.45) is 0 Å². The molecule has 0 fully saturated rings. The molecule has 0 radical (unpaired) electrons. The van der Waals surface area contributed by atoms with Gasteiger partial charge >= 0.3 is 11.9 Å². The van der Waals surface area contributed by atoms with Crippen LogP contribution in [0, 0.1) is 10.1 Å². The molecule has 0 spiro atoms. The number of non-ortho nitro benzene ring substituents is 1. The molecule has 1 amide bonds. The quantitative estimate of drug-likeness (QED) is 0.150. The van der Waals surface area contributed by atoms with Gasteiger partial charge in [0.15, 0.2) is 6.61 Å². The van der Waals surface area contributed by atoms with Crippen molar-refractivity contribution >= 4 is 69.8 Å². The summed E-state index contributed by atoms with van der Waals surface area (Å²) in [6, 6.07) is 12.1. The smallest absolute Gasteiger partial charge is 0.350 e. The van der Waals surface area contributed by atoms with Crippen LogP contribution in [0.25, 0.3) is 16.5 Å². The largest absolute Gasteiger partial charge is 0.462 e. The number of rotatable bonds is 9. The number of carbonyl (C=O) groups is 3. The average Bonchev–Trinajstić information content (AvgIpc) is 3.25. The van der Waals surface area contributed by atoms with E-state index in [1.807, 2.05) is 0 Å². The lowest BCUT2D eigenvalue weighted by Gasteiger charge is -2.06. The second-order valence-electron chi connectivity index (χ2n) is 7.04. The van der Waals surface area contributed by atoms with E-state index in [1.54, 1.807) is 37.3 Å². The molecular weight excluding hydrogens is 531 g/mol. The second kappa shape index (κ2) is 12.3. The van der Waals surface area contributed by atoms with E-state index in [9.17, 15) is 24.5 Å². The second-order valence-corrected chi connectivity index (χ2v) is 8.94. The number of esters is 2. The fraction of sp³-hybridized carbons (Fsp3) is 0.125. The van der Waals surface area contributed by atoms with E-state index >= 15 is 0 Å². The summed E-state index contributed by atoms with van der Waals surface area (Å²) in [4.78, 5) is 47.9. The third-order valence-corrected chi connectivity index (χ3v) is 6.20. The molecule has 3 rings (SSSR count). The minimum Gasteiger partial charge on any atom is -0.462 e. The molecule has 1 N–H and O–H groups in total. The summed E-state index contributed by atoms with van der Waals surface area (Å²) in [6.07, 6.45) is 2.37. The molecule has 2 aromatic carbocycles. The molecule has 1 aromatic heterocycles. The maximum absolute atomic E-state index is 12.4. The number of ether oxygens (including phenoxy) is 2. The Balaban J connectivity index is 1.69. The van der Waals surface area contributed by atoms with Crippen LogP contribution in [0.1, 0.15) is 22.2 Å². The number of halogens is 2. The maximum Gasteiger partial charge on any atom is 0.350 e. The number of nitro groups is 1. The van der Waals surface area contributed by atoms with E-state index in [0.29, 0.717) is 26.0 Å². The molecule has 0 atom stereocenters. The zero-order valence-corrected chi connectivity index (χ0v) is 21.0. The first-order valence-electron chi connectivity index (χ1n) is 10.3. The molecular formula is C24H18Cl2N2O7S. The van der Waals surface area contributed by atoms with Crippen molar-refractivity contribution in [3.05, 3.63) is 85.2 Å². The minimum absolute atomic E-state index is 0.127. The highest BCUT2D eigenvalue weighted by Crippen LogP contribution is 2.39. The van der Waals surface area contributed by atoms with Crippen LogP contribution in [0.3, 0.4) is 0 Å². The molecule has 186 valence electrons. The standard InChI is InChI=1S/C24H18Cl2N2O7S/c1-2-34-24(31)23-19(12-20(36-23)17-8-7-15(25)11-18(17)26)27-21(29)13-35-22(30)9-6-14-4-3-5-16(10-14)28(32)33/h3-12H,2,13H2,1H3,(H,27,29)/b9-6+. The first-order chi connectivity index (χ1) is 17.2. The molecule has 0 saturated heterocycles. The summed E-state index contributed by atoms with van der Waals surface area (Å²) < 4.78 is 10.0. The van der Waals surface area contributed by atoms with Gasteiger partial charge in [-0.05, 0) is 36.8 Å². The van der Waals surface area contributed by atoms with E-state index in [1.165, 1.54) is 24.3 Å².